The van der Waals surface area contributed by atoms with Crippen molar-refractivity contribution in [3.8, 4) is 5.75 Å². The van der Waals surface area contributed by atoms with E-state index in [-0.39, 0.29) is 18.0 Å². The lowest BCUT2D eigenvalue weighted by molar-refractivity contribution is -0.385. The molecule has 6 nitrogen and oxygen atoms in total. The highest BCUT2D eigenvalue weighted by Gasteiger charge is 2.21. The fraction of sp³-hybridized carbons (Fsp3) is 0.538. The zero-order valence-corrected chi connectivity index (χ0v) is 11.3. The van der Waals surface area contributed by atoms with Crippen LogP contribution in [0.3, 0.4) is 0 Å². The van der Waals surface area contributed by atoms with E-state index < -0.39 is 11.0 Å². The lowest BCUT2D eigenvalue weighted by Gasteiger charge is -2.13. The molecule has 0 aliphatic carbocycles. The second-order valence-corrected chi connectivity index (χ2v) is 4.20. The molecule has 19 heavy (non-hydrogen) atoms. The van der Waals surface area contributed by atoms with E-state index in [2.05, 4.69) is 5.32 Å². The summed E-state index contributed by atoms with van der Waals surface area (Å²) in [6.07, 6.45) is 0.843. The number of benzene rings is 1. The fourth-order valence-corrected chi connectivity index (χ4v) is 1.55. The van der Waals surface area contributed by atoms with Crippen LogP contribution >= 0.6 is 0 Å². The van der Waals surface area contributed by atoms with E-state index in [0.717, 1.165) is 6.42 Å². The normalized spacial score (nSPS) is 11.9. The molecule has 106 valence electrons. The van der Waals surface area contributed by atoms with Crippen LogP contribution in [0.15, 0.2) is 18.2 Å². The van der Waals surface area contributed by atoms with Gasteiger partial charge in [-0.05, 0) is 25.0 Å². The third-order valence-corrected chi connectivity index (χ3v) is 2.64. The molecule has 0 saturated heterocycles. The van der Waals surface area contributed by atoms with Crippen molar-refractivity contribution in [2.75, 3.05) is 18.5 Å². The molecule has 0 saturated carbocycles. The summed E-state index contributed by atoms with van der Waals surface area (Å²) in [6.45, 7) is 4.49. The van der Waals surface area contributed by atoms with Crippen LogP contribution in [-0.4, -0.2) is 29.3 Å². The third-order valence-electron chi connectivity index (χ3n) is 2.64. The highest BCUT2D eigenvalue weighted by atomic mass is 16.6. The number of para-hydroxylation sites is 1. The van der Waals surface area contributed by atoms with Crippen molar-refractivity contribution in [1.29, 1.82) is 0 Å². The Morgan fingerprint density at radius 1 is 1.47 bits per heavy atom. The van der Waals surface area contributed by atoms with Gasteiger partial charge in [-0.15, -0.1) is 0 Å². The van der Waals surface area contributed by atoms with Gasteiger partial charge in [0.05, 0.1) is 17.6 Å². The summed E-state index contributed by atoms with van der Waals surface area (Å²) in [4.78, 5) is 10.7. The van der Waals surface area contributed by atoms with Gasteiger partial charge in [0.25, 0.3) is 0 Å². The van der Waals surface area contributed by atoms with Crippen LogP contribution in [0.5, 0.6) is 5.75 Å². The van der Waals surface area contributed by atoms with E-state index in [1.54, 1.807) is 18.2 Å². The maximum atomic E-state index is 11.1. The molecule has 1 unspecified atom stereocenters. The highest BCUT2D eigenvalue weighted by molar-refractivity contribution is 5.68. The van der Waals surface area contributed by atoms with Crippen molar-refractivity contribution in [3.05, 3.63) is 28.3 Å². The summed E-state index contributed by atoms with van der Waals surface area (Å²) >= 11 is 0. The molecule has 0 aliphatic rings. The van der Waals surface area contributed by atoms with Gasteiger partial charge >= 0.3 is 5.69 Å². The number of hydrogen-bond donors (Lipinski definition) is 2. The monoisotopic (exact) mass is 268 g/mol. The van der Waals surface area contributed by atoms with Gasteiger partial charge in [0.2, 0.25) is 0 Å². The van der Waals surface area contributed by atoms with Crippen LogP contribution < -0.4 is 10.1 Å². The average Bonchev–Trinajstić information content (AvgIpc) is 2.41. The first-order valence-electron chi connectivity index (χ1n) is 6.42. The van der Waals surface area contributed by atoms with E-state index >= 15 is 0 Å². The molecule has 0 amide bonds. The second-order valence-electron chi connectivity index (χ2n) is 4.20. The number of aliphatic hydroxyl groups is 1. The van der Waals surface area contributed by atoms with Gasteiger partial charge in [-0.25, -0.2) is 0 Å². The van der Waals surface area contributed by atoms with Crippen molar-refractivity contribution >= 4 is 11.4 Å². The average molecular weight is 268 g/mol. The van der Waals surface area contributed by atoms with E-state index in [1.165, 1.54) is 0 Å². The molecule has 2 N–H and O–H groups in total. The quantitative estimate of drug-likeness (QED) is 0.559. The number of anilines is 1. The first-order valence-corrected chi connectivity index (χ1v) is 6.42. The number of ether oxygens (including phenoxy) is 1. The standard InChI is InChI=1S/C13H20N2O4/c1-3-8-19-12-7-5-6-11(13(12)15(17)18)14-9-10(16)4-2/h5-7,10,14,16H,3-4,8-9H2,1-2H3. The Morgan fingerprint density at radius 2 is 2.21 bits per heavy atom. The van der Waals surface area contributed by atoms with Crippen LogP contribution in [0.1, 0.15) is 26.7 Å². The topological polar surface area (TPSA) is 84.6 Å². The number of hydrogen-bond acceptors (Lipinski definition) is 5. The van der Waals surface area contributed by atoms with Crippen LogP contribution in [-0.2, 0) is 0 Å². The van der Waals surface area contributed by atoms with Crippen molar-refractivity contribution in [2.45, 2.75) is 32.8 Å². The Balaban J connectivity index is 2.92. The maximum Gasteiger partial charge on any atom is 0.333 e. The van der Waals surface area contributed by atoms with Gasteiger partial charge in [-0.1, -0.05) is 19.9 Å². The largest absolute Gasteiger partial charge is 0.487 e. The molecule has 1 rings (SSSR count). The fourth-order valence-electron chi connectivity index (χ4n) is 1.55. The molecule has 0 fully saturated rings. The molecule has 0 aromatic heterocycles. The lowest BCUT2D eigenvalue weighted by Crippen LogP contribution is -2.18. The molecule has 6 heteroatoms. The van der Waals surface area contributed by atoms with Crippen LogP contribution in [0.2, 0.25) is 0 Å². The molecular formula is C13H20N2O4. The summed E-state index contributed by atoms with van der Waals surface area (Å²) < 4.78 is 5.38. The number of nitrogens with zero attached hydrogens (tertiary/aromatic N) is 1. The summed E-state index contributed by atoms with van der Waals surface area (Å²) in [5, 5.41) is 23.5. The first-order chi connectivity index (χ1) is 9.10. The maximum absolute atomic E-state index is 11.1. The summed E-state index contributed by atoms with van der Waals surface area (Å²) in [6, 6.07) is 4.88. The van der Waals surface area contributed by atoms with Crippen molar-refractivity contribution in [1.82, 2.24) is 0 Å². The minimum atomic E-state index is -0.528. The number of nitro groups is 1. The van der Waals surface area contributed by atoms with Gasteiger partial charge in [0.1, 0.15) is 5.69 Å². The smallest absolute Gasteiger partial charge is 0.333 e. The first kappa shape index (κ1) is 15.2. The lowest BCUT2D eigenvalue weighted by atomic mass is 10.2. The predicted octanol–water partition coefficient (Wildman–Crippen LogP) is 2.57. The Kier molecular flexibility index (Phi) is 6.08. The van der Waals surface area contributed by atoms with Crippen LogP contribution in [0.4, 0.5) is 11.4 Å². The van der Waals surface area contributed by atoms with Crippen molar-refractivity contribution in [3.63, 3.8) is 0 Å². The Morgan fingerprint density at radius 3 is 2.79 bits per heavy atom. The van der Waals surface area contributed by atoms with Gasteiger partial charge in [0, 0.05) is 6.54 Å². The Bertz CT molecular complexity index is 423. The summed E-state index contributed by atoms with van der Waals surface area (Å²) in [5.74, 6) is 0.253. The molecule has 0 bridgehead atoms. The number of rotatable bonds is 8. The minimum Gasteiger partial charge on any atom is -0.487 e. The van der Waals surface area contributed by atoms with Crippen LogP contribution in [0, 0.1) is 10.1 Å². The third kappa shape index (κ3) is 4.40. The molecule has 1 aromatic carbocycles. The molecule has 0 aliphatic heterocycles. The molecule has 1 aromatic rings. The van der Waals surface area contributed by atoms with Crippen molar-refractivity contribution in [2.24, 2.45) is 0 Å². The van der Waals surface area contributed by atoms with E-state index in [4.69, 9.17) is 4.74 Å². The van der Waals surface area contributed by atoms with Gasteiger partial charge in [-0.2, -0.15) is 0 Å². The van der Waals surface area contributed by atoms with E-state index in [0.29, 0.717) is 18.7 Å². The number of nitrogens with one attached hydrogen (secondary N) is 1. The zero-order valence-electron chi connectivity index (χ0n) is 11.3. The second kappa shape index (κ2) is 7.58. The number of aliphatic hydroxyl groups excluding tert-OH is 1. The molecule has 0 spiro atoms. The van der Waals surface area contributed by atoms with Crippen molar-refractivity contribution < 1.29 is 14.8 Å². The molecular weight excluding hydrogens is 248 g/mol. The zero-order chi connectivity index (χ0) is 14.3. The summed E-state index contributed by atoms with van der Waals surface area (Å²) in [5.41, 5.74) is 0.283. The predicted molar refractivity (Wildman–Crippen MR) is 73.7 cm³/mol. The highest BCUT2D eigenvalue weighted by Crippen LogP contribution is 2.34. The summed E-state index contributed by atoms with van der Waals surface area (Å²) in [7, 11) is 0. The minimum absolute atomic E-state index is 0.0840. The van der Waals surface area contributed by atoms with Gasteiger partial charge in [-0.3, -0.25) is 10.1 Å². The molecule has 0 heterocycles. The van der Waals surface area contributed by atoms with E-state index in [9.17, 15) is 15.2 Å². The van der Waals surface area contributed by atoms with Gasteiger partial charge < -0.3 is 15.2 Å². The Hall–Kier alpha value is -1.82. The SMILES string of the molecule is CCCOc1cccc(NCC(O)CC)c1[N+](=O)[O-]. The van der Waals surface area contributed by atoms with Crippen LogP contribution in [0.25, 0.3) is 0 Å². The Labute approximate surface area is 112 Å². The number of nitro benzene ring substituents is 1. The van der Waals surface area contributed by atoms with E-state index in [1.807, 2.05) is 13.8 Å². The molecule has 0 radical (unpaired) electrons. The molecule has 1 atom stereocenters. The van der Waals surface area contributed by atoms with Gasteiger partial charge in [0.15, 0.2) is 5.75 Å².